The highest BCUT2D eigenvalue weighted by molar-refractivity contribution is 5.49. The minimum atomic E-state index is -0.0331. The van der Waals surface area contributed by atoms with E-state index >= 15 is 0 Å². The molecule has 0 amide bonds. The zero-order chi connectivity index (χ0) is 14.9. The highest BCUT2D eigenvalue weighted by Crippen LogP contribution is 2.41. The summed E-state index contributed by atoms with van der Waals surface area (Å²) < 4.78 is 5.80. The van der Waals surface area contributed by atoms with Gasteiger partial charge in [-0.2, -0.15) is 0 Å². The van der Waals surface area contributed by atoms with Gasteiger partial charge in [-0.05, 0) is 31.2 Å². The van der Waals surface area contributed by atoms with Crippen molar-refractivity contribution in [1.29, 1.82) is 0 Å². The van der Waals surface area contributed by atoms with E-state index in [1.807, 2.05) is 24.3 Å². The molecule has 0 saturated carbocycles. The number of ether oxygens (including phenoxy) is 1. The van der Waals surface area contributed by atoms with Crippen LogP contribution in [0.3, 0.4) is 0 Å². The molecule has 106 valence electrons. The van der Waals surface area contributed by atoms with Gasteiger partial charge in [0.1, 0.15) is 5.75 Å². The third-order valence-corrected chi connectivity index (χ3v) is 3.93. The molecule has 0 unspecified atom stereocenters. The largest absolute Gasteiger partial charge is 0.492 e. The quantitative estimate of drug-likeness (QED) is 0.637. The van der Waals surface area contributed by atoms with Crippen LogP contribution in [-0.2, 0) is 5.41 Å². The molecule has 0 fully saturated rings. The van der Waals surface area contributed by atoms with Crippen molar-refractivity contribution in [3.05, 3.63) is 59.2 Å². The van der Waals surface area contributed by atoms with Gasteiger partial charge in [0.15, 0.2) is 0 Å². The number of fused-ring (bicyclic) bond motifs is 1. The number of nitrogens with two attached hydrogens (primary N) is 1. The first-order valence-electron chi connectivity index (χ1n) is 7.15. The smallest absolute Gasteiger partial charge is 0.123 e. The Hall–Kier alpha value is -2.40. The zero-order valence-corrected chi connectivity index (χ0v) is 12.4. The van der Waals surface area contributed by atoms with Crippen molar-refractivity contribution in [2.75, 3.05) is 12.3 Å². The van der Waals surface area contributed by atoms with Crippen LogP contribution in [-0.4, -0.2) is 6.61 Å². The standard InChI is InChI=1S/C19H19NO/c1-14-8-9-18-17(11-14)19(2,13-21-18)10-4-6-15-5-3-7-16(20)12-15/h3,5,7-9,11-12H,10,13,20H2,1-2H3/t19-/m0/s1. The molecule has 21 heavy (non-hydrogen) atoms. The average molecular weight is 277 g/mol. The molecule has 2 N–H and O–H groups in total. The molecule has 1 aliphatic heterocycles. The van der Waals surface area contributed by atoms with Gasteiger partial charge in [-0.1, -0.05) is 42.5 Å². The Labute approximate surface area is 125 Å². The summed E-state index contributed by atoms with van der Waals surface area (Å²) in [5, 5.41) is 0. The van der Waals surface area contributed by atoms with E-state index in [2.05, 4.69) is 43.9 Å². The molecule has 2 aromatic carbocycles. The molecular weight excluding hydrogens is 258 g/mol. The van der Waals surface area contributed by atoms with Crippen LogP contribution in [0.4, 0.5) is 5.69 Å². The third kappa shape index (κ3) is 2.73. The number of benzene rings is 2. The van der Waals surface area contributed by atoms with E-state index in [1.54, 1.807) is 0 Å². The Morgan fingerprint density at radius 1 is 1.24 bits per heavy atom. The van der Waals surface area contributed by atoms with Gasteiger partial charge in [-0.15, -0.1) is 0 Å². The molecule has 2 nitrogen and oxygen atoms in total. The summed E-state index contributed by atoms with van der Waals surface area (Å²) in [5.41, 5.74) is 9.97. The normalized spacial score (nSPS) is 19.3. The molecule has 2 heteroatoms. The monoisotopic (exact) mass is 277 g/mol. The molecule has 3 rings (SSSR count). The van der Waals surface area contributed by atoms with Crippen LogP contribution in [0.5, 0.6) is 5.75 Å². The first kappa shape index (κ1) is 13.6. The molecule has 0 radical (unpaired) electrons. The summed E-state index contributed by atoms with van der Waals surface area (Å²) in [6.45, 7) is 5.02. The van der Waals surface area contributed by atoms with Gasteiger partial charge >= 0.3 is 0 Å². The van der Waals surface area contributed by atoms with Gasteiger partial charge in [0, 0.05) is 28.7 Å². The van der Waals surface area contributed by atoms with Crippen molar-refractivity contribution in [3.63, 3.8) is 0 Å². The Morgan fingerprint density at radius 2 is 2.10 bits per heavy atom. The van der Waals surface area contributed by atoms with Crippen LogP contribution in [0.2, 0.25) is 0 Å². The molecule has 0 aliphatic carbocycles. The maximum atomic E-state index is 5.80. The van der Waals surface area contributed by atoms with Crippen molar-refractivity contribution in [2.24, 2.45) is 0 Å². The molecule has 1 atom stereocenters. The van der Waals surface area contributed by atoms with Crippen molar-refractivity contribution >= 4 is 5.69 Å². The van der Waals surface area contributed by atoms with Gasteiger partial charge in [0.2, 0.25) is 0 Å². The molecule has 0 saturated heterocycles. The van der Waals surface area contributed by atoms with Crippen LogP contribution >= 0.6 is 0 Å². The first-order valence-corrected chi connectivity index (χ1v) is 7.15. The van der Waals surface area contributed by atoms with E-state index in [4.69, 9.17) is 10.5 Å². The van der Waals surface area contributed by atoms with E-state index in [0.717, 1.165) is 23.4 Å². The van der Waals surface area contributed by atoms with Crippen molar-refractivity contribution in [2.45, 2.75) is 25.7 Å². The fraction of sp³-hybridized carbons (Fsp3) is 0.263. The predicted molar refractivity (Wildman–Crippen MR) is 86.4 cm³/mol. The molecule has 0 aromatic heterocycles. The van der Waals surface area contributed by atoms with E-state index < -0.39 is 0 Å². The van der Waals surface area contributed by atoms with E-state index in [0.29, 0.717) is 6.61 Å². The predicted octanol–water partition coefficient (Wildman–Crippen LogP) is 3.67. The summed E-state index contributed by atoms with van der Waals surface area (Å²) in [6, 6.07) is 14.0. The highest BCUT2D eigenvalue weighted by Gasteiger charge is 2.35. The summed E-state index contributed by atoms with van der Waals surface area (Å²) >= 11 is 0. The molecule has 1 heterocycles. The van der Waals surface area contributed by atoms with Gasteiger partial charge in [0.05, 0.1) is 6.61 Å². The van der Waals surface area contributed by atoms with Gasteiger partial charge < -0.3 is 10.5 Å². The number of nitrogen functional groups attached to an aromatic ring is 1. The summed E-state index contributed by atoms with van der Waals surface area (Å²) in [6.07, 6.45) is 0.776. The highest BCUT2D eigenvalue weighted by atomic mass is 16.5. The number of anilines is 1. The second-order valence-electron chi connectivity index (χ2n) is 5.95. The Balaban J connectivity index is 1.82. The lowest BCUT2D eigenvalue weighted by Gasteiger charge is -2.19. The molecule has 0 bridgehead atoms. The number of hydrogen-bond donors (Lipinski definition) is 1. The Bertz CT molecular complexity index is 739. The number of hydrogen-bond acceptors (Lipinski definition) is 2. The second kappa shape index (κ2) is 5.18. The SMILES string of the molecule is Cc1ccc2c(c1)[C@@](C)(CC#Cc1cccc(N)c1)CO2. The Kier molecular flexibility index (Phi) is 3.35. The van der Waals surface area contributed by atoms with Crippen molar-refractivity contribution < 1.29 is 4.74 Å². The van der Waals surface area contributed by atoms with Gasteiger partial charge in [0.25, 0.3) is 0 Å². The second-order valence-corrected chi connectivity index (χ2v) is 5.95. The zero-order valence-electron chi connectivity index (χ0n) is 12.4. The lowest BCUT2D eigenvalue weighted by atomic mass is 9.81. The van der Waals surface area contributed by atoms with Crippen molar-refractivity contribution in [1.82, 2.24) is 0 Å². The molecular formula is C19H19NO. The minimum Gasteiger partial charge on any atom is -0.492 e. The summed E-state index contributed by atoms with van der Waals surface area (Å²) in [5.74, 6) is 7.48. The summed E-state index contributed by atoms with van der Waals surface area (Å²) in [4.78, 5) is 0. The van der Waals surface area contributed by atoms with Crippen LogP contribution in [0.15, 0.2) is 42.5 Å². The van der Waals surface area contributed by atoms with Crippen LogP contribution < -0.4 is 10.5 Å². The van der Waals surface area contributed by atoms with Gasteiger partial charge in [-0.25, -0.2) is 0 Å². The lowest BCUT2D eigenvalue weighted by molar-refractivity contribution is 0.281. The Morgan fingerprint density at radius 3 is 2.90 bits per heavy atom. The van der Waals surface area contributed by atoms with Crippen LogP contribution in [0.1, 0.15) is 30.0 Å². The average Bonchev–Trinajstić information content (AvgIpc) is 2.77. The van der Waals surface area contributed by atoms with Gasteiger partial charge in [-0.3, -0.25) is 0 Å². The molecule has 0 spiro atoms. The van der Waals surface area contributed by atoms with E-state index in [1.165, 1.54) is 11.1 Å². The first-order chi connectivity index (χ1) is 10.1. The minimum absolute atomic E-state index is 0.0331. The number of rotatable bonds is 1. The third-order valence-electron chi connectivity index (χ3n) is 3.93. The van der Waals surface area contributed by atoms with Crippen molar-refractivity contribution in [3.8, 4) is 17.6 Å². The fourth-order valence-electron chi connectivity index (χ4n) is 2.66. The maximum Gasteiger partial charge on any atom is 0.123 e. The van der Waals surface area contributed by atoms with E-state index in [-0.39, 0.29) is 5.41 Å². The maximum absolute atomic E-state index is 5.80. The number of aryl methyl sites for hydroxylation is 1. The lowest BCUT2D eigenvalue weighted by Crippen LogP contribution is -2.23. The topological polar surface area (TPSA) is 35.2 Å². The van der Waals surface area contributed by atoms with Crippen LogP contribution in [0.25, 0.3) is 0 Å². The molecule has 1 aliphatic rings. The van der Waals surface area contributed by atoms with E-state index in [9.17, 15) is 0 Å². The molecule has 2 aromatic rings. The van der Waals surface area contributed by atoms with Crippen LogP contribution in [0, 0.1) is 18.8 Å². The fourth-order valence-corrected chi connectivity index (χ4v) is 2.66. The summed E-state index contributed by atoms with van der Waals surface area (Å²) in [7, 11) is 0.